The van der Waals surface area contributed by atoms with Gasteiger partial charge in [0.15, 0.2) is 0 Å². The Balaban J connectivity index is 1.43. The largest absolute Gasteiger partial charge is 0.303 e. The molecule has 25 heavy (non-hydrogen) atoms. The van der Waals surface area contributed by atoms with Gasteiger partial charge in [0.2, 0.25) is 0 Å². The van der Waals surface area contributed by atoms with Gasteiger partial charge in [-0.1, -0.05) is 18.6 Å². The number of hydrogen-bond acceptors (Lipinski definition) is 4. The van der Waals surface area contributed by atoms with Crippen LogP contribution in [0.2, 0.25) is 0 Å². The molecule has 0 N–H and O–H groups in total. The zero-order valence-electron chi connectivity index (χ0n) is 15.7. The Morgan fingerprint density at radius 1 is 0.960 bits per heavy atom. The van der Waals surface area contributed by atoms with Crippen LogP contribution in [0.4, 0.5) is 0 Å². The van der Waals surface area contributed by atoms with E-state index in [1.165, 1.54) is 70.4 Å². The standard InChI is InChI=1S/C21H32N4/c1-23-11-3-2-5-21(23)10-14-24-12-4-13-25(16-15-24)18-20-8-6-19(17-22)7-9-20/h6-9,21H,2-5,10-16,18H2,1H3. The third-order valence-electron chi connectivity index (χ3n) is 5.87. The molecule has 4 nitrogen and oxygen atoms in total. The van der Waals surface area contributed by atoms with E-state index < -0.39 is 0 Å². The van der Waals surface area contributed by atoms with E-state index in [1.807, 2.05) is 12.1 Å². The van der Waals surface area contributed by atoms with Crippen LogP contribution in [-0.4, -0.2) is 67.1 Å². The second kappa shape index (κ2) is 9.33. The fourth-order valence-corrected chi connectivity index (χ4v) is 4.19. The zero-order chi connectivity index (χ0) is 17.5. The van der Waals surface area contributed by atoms with E-state index in [1.54, 1.807) is 0 Å². The molecule has 0 spiro atoms. The van der Waals surface area contributed by atoms with Crippen molar-refractivity contribution in [3.8, 4) is 6.07 Å². The lowest BCUT2D eigenvalue weighted by Gasteiger charge is -2.34. The number of nitriles is 1. The Morgan fingerprint density at radius 2 is 1.72 bits per heavy atom. The van der Waals surface area contributed by atoms with Crippen LogP contribution in [-0.2, 0) is 6.54 Å². The van der Waals surface area contributed by atoms with Crippen LogP contribution in [0, 0.1) is 11.3 Å². The van der Waals surface area contributed by atoms with Crippen LogP contribution in [0.3, 0.4) is 0 Å². The summed E-state index contributed by atoms with van der Waals surface area (Å²) in [5, 5.41) is 8.91. The Labute approximate surface area is 153 Å². The monoisotopic (exact) mass is 340 g/mol. The average molecular weight is 341 g/mol. The lowest BCUT2D eigenvalue weighted by molar-refractivity contribution is 0.154. The molecule has 0 aliphatic carbocycles. The smallest absolute Gasteiger partial charge is 0.0991 e. The van der Waals surface area contributed by atoms with E-state index in [2.05, 4.69) is 39.9 Å². The predicted octanol–water partition coefficient (Wildman–Crippen LogP) is 2.94. The summed E-state index contributed by atoms with van der Waals surface area (Å²) >= 11 is 0. The van der Waals surface area contributed by atoms with Crippen LogP contribution in [0.25, 0.3) is 0 Å². The van der Waals surface area contributed by atoms with Gasteiger partial charge in [0.1, 0.15) is 0 Å². The Morgan fingerprint density at radius 3 is 2.48 bits per heavy atom. The minimum Gasteiger partial charge on any atom is -0.303 e. The van der Waals surface area contributed by atoms with Gasteiger partial charge in [0.25, 0.3) is 0 Å². The van der Waals surface area contributed by atoms with E-state index >= 15 is 0 Å². The van der Waals surface area contributed by atoms with E-state index in [4.69, 9.17) is 5.26 Å². The maximum atomic E-state index is 8.91. The minimum absolute atomic E-state index is 0.749. The summed E-state index contributed by atoms with van der Waals surface area (Å²) in [6.45, 7) is 8.29. The number of rotatable bonds is 5. The third kappa shape index (κ3) is 5.54. The number of hydrogen-bond donors (Lipinski definition) is 0. The molecular formula is C21H32N4. The summed E-state index contributed by atoms with van der Waals surface area (Å²) < 4.78 is 0. The topological polar surface area (TPSA) is 33.5 Å². The highest BCUT2D eigenvalue weighted by atomic mass is 15.2. The van der Waals surface area contributed by atoms with Crippen molar-refractivity contribution < 1.29 is 0 Å². The molecule has 2 saturated heterocycles. The van der Waals surface area contributed by atoms with Gasteiger partial charge in [-0.25, -0.2) is 0 Å². The zero-order valence-corrected chi connectivity index (χ0v) is 15.7. The lowest BCUT2D eigenvalue weighted by atomic mass is 10.00. The van der Waals surface area contributed by atoms with Gasteiger partial charge < -0.3 is 9.80 Å². The van der Waals surface area contributed by atoms with Crippen molar-refractivity contribution in [1.82, 2.24) is 14.7 Å². The Hall–Kier alpha value is -1.41. The molecule has 2 aliphatic heterocycles. The van der Waals surface area contributed by atoms with Crippen molar-refractivity contribution in [2.75, 3.05) is 46.3 Å². The van der Waals surface area contributed by atoms with Gasteiger partial charge >= 0.3 is 0 Å². The van der Waals surface area contributed by atoms with Crippen molar-refractivity contribution >= 4 is 0 Å². The van der Waals surface area contributed by atoms with Crippen molar-refractivity contribution in [1.29, 1.82) is 5.26 Å². The van der Waals surface area contributed by atoms with Crippen molar-refractivity contribution in [3.63, 3.8) is 0 Å². The highest BCUT2D eigenvalue weighted by Crippen LogP contribution is 2.18. The molecule has 0 radical (unpaired) electrons. The quantitative estimate of drug-likeness (QED) is 0.825. The summed E-state index contributed by atoms with van der Waals surface area (Å²) in [5.74, 6) is 0. The number of likely N-dealkylation sites (tertiary alicyclic amines) is 1. The van der Waals surface area contributed by atoms with Crippen molar-refractivity contribution in [2.24, 2.45) is 0 Å². The average Bonchev–Trinajstić information content (AvgIpc) is 2.87. The second-order valence-electron chi connectivity index (χ2n) is 7.70. The predicted molar refractivity (Wildman–Crippen MR) is 102 cm³/mol. The number of nitrogens with zero attached hydrogens (tertiary/aromatic N) is 4. The molecule has 0 saturated carbocycles. The molecule has 2 fully saturated rings. The number of benzene rings is 1. The summed E-state index contributed by atoms with van der Waals surface area (Å²) in [5.41, 5.74) is 2.06. The first kappa shape index (κ1) is 18.4. The van der Waals surface area contributed by atoms with Crippen LogP contribution in [0.5, 0.6) is 0 Å². The van der Waals surface area contributed by atoms with E-state index in [9.17, 15) is 0 Å². The Bertz CT molecular complexity index is 562. The molecule has 2 aliphatic rings. The molecular weight excluding hydrogens is 308 g/mol. The summed E-state index contributed by atoms with van der Waals surface area (Å²) in [6, 6.07) is 11.0. The number of piperidine rings is 1. The molecule has 1 unspecified atom stereocenters. The molecule has 3 rings (SSSR count). The second-order valence-corrected chi connectivity index (χ2v) is 7.70. The molecule has 136 valence electrons. The fraction of sp³-hybridized carbons (Fsp3) is 0.667. The molecule has 0 amide bonds. The molecule has 0 bridgehead atoms. The van der Waals surface area contributed by atoms with Crippen LogP contribution >= 0.6 is 0 Å². The maximum absolute atomic E-state index is 8.91. The van der Waals surface area contributed by atoms with E-state index in [-0.39, 0.29) is 0 Å². The van der Waals surface area contributed by atoms with E-state index in [0.29, 0.717) is 0 Å². The van der Waals surface area contributed by atoms with Crippen molar-refractivity contribution in [2.45, 2.75) is 44.7 Å². The van der Waals surface area contributed by atoms with Gasteiger partial charge in [-0.05, 0) is 76.6 Å². The van der Waals surface area contributed by atoms with Crippen LogP contribution in [0.15, 0.2) is 24.3 Å². The molecule has 1 aromatic carbocycles. The van der Waals surface area contributed by atoms with Gasteiger partial charge in [-0.3, -0.25) is 4.90 Å². The van der Waals surface area contributed by atoms with E-state index in [0.717, 1.165) is 24.7 Å². The fourth-order valence-electron chi connectivity index (χ4n) is 4.19. The summed E-state index contributed by atoms with van der Waals surface area (Å²) in [6.07, 6.45) is 6.76. The summed E-state index contributed by atoms with van der Waals surface area (Å²) in [7, 11) is 2.30. The highest BCUT2D eigenvalue weighted by molar-refractivity contribution is 5.31. The molecule has 4 heteroatoms. The van der Waals surface area contributed by atoms with Crippen LogP contribution in [0.1, 0.15) is 43.2 Å². The highest BCUT2D eigenvalue weighted by Gasteiger charge is 2.21. The molecule has 1 aromatic rings. The van der Waals surface area contributed by atoms with Gasteiger partial charge in [0.05, 0.1) is 11.6 Å². The van der Waals surface area contributed by atoms with Crippen LogP contribution < -0.4 is 0 Å². The van der Waals surface area contributed by atoms with Crippen molar-refractivity contribution in [3.05, 3.63) is 35.4 Å². The lowest BCUT2D eigenvalue weighted by Crippen LogP contribution is -2.39. The third-order valence-corrected chi connectivity index (χ3v) is 5.87. The normalized spacial score (nSPS) is 23.9. The Kier molecular flexibility index (Phi) is 6.86. The first-order valence-corrected chi connectivity index (χ1v) is 9.88. The molecule has 0 aromatic heterocycles. The van der Waals surface area contributed by atoms with Gasteiger partial charge in [-0.2, -0.15) is 5.26 Å². The first-order chi connectivity index (χ1) is 12.2. The molecule has 1 atom stereocenters. The van der Waals surface area contributed by atoms with Gasteiger partial charge in [-0.15, -0.1) is 0 Å². The first-order valence-electron chi connectivity index (χ1n) is 9.88. The minimum atomic E-state index is 0.749. The SMILES string of the molecule is CN1CCCCC1CCN1CCCN(Cc2ccc(C#N)cc2)CC1. The molecule has 2 heterocycles. The summed E-state index contributed by atoms with van der Waals surface area (Å²) in [4.78, 5) is 7.80. The van der Waals surface area contributed by atoms with Gasteiger partial charge in [0, 0.05) is 25.7 Å². The maximum Gasteiger partial charge on any atom is 0.0991 e.